The van der Waals surface area contributed by atoms with Crippen LogP contribution in [0.2, 0.25) is 5.02 Å². The van der Waals surface area contributed by atoms with E-state index in [1.165, 1.54) is 6.07 Å². The Morgan fingerprint density at radius 1 is 1.50 bits per heavy atom. The molecule has 0 amide bonds. The summed E-state index contributed by atoms with van der Waals surface area (Å²) in [5.74, 6) is 1.20. The number of halogens is 2. The van der Waals surface area contributed by atoms with Crippen LogP contribution < -0.4 is 0 Å². The molecular weight excluding hydrogens is 307 g/mol. The Bertz CT molecular complexity index is 628. The van der Waals surface area contributed by atoms with Gasteiger partial charge in [-0.25, -0.2) is 9.37 Å². The van der Waals surface area contributed by atoms with Crippen LogP contribution in [0.5, 0.6) is 0 Å². The van der Waals surface area contributed by atoms with Gasteiger partial charge in [0.1, 0.15) is 17.7 Å². The number of H-pyrrole nitrogens is 1. The van der Waals surface area contributed by atoms with Crippen LogP contribution >= 0.6 is 11.6 Å². The van der Waals surface area contributed by atoms with E-state index < -0.39 is 0 Å². The Kier molecular flexibility index (Phi) is 4.71. The normalized spacial score (nSPS) is 19.5. The lowest BCUT2D eigenvalue weighted by Gasteiger charge is -2.31. The topological polar surface area (TPSA) is 54.0 Å². The molecule has 118 valence electrons. The van der Waals surface area contributed by atoms with Crippen molar-refractivity contribution >= 4 is 11.6 Å². The molecule has 0 spiro atoms. The number of nitrogens with zero attached hydrogens (tertiary/aromatic N) is 3. The minimum Gasteiger partial charge on any atom is -0.367 e. The van der Waals surface area contributed by atoms with Gasteiger partial charge in [0.05, 0.1) is 6.61 Å². The first-order chi connectivity index (χ1) is 10.6. The molecule has 7 heteroatoms. The second-order valence-electron chi connectivity index (χ2n) is 5.39. The summed E-state index contributed by atoms with van der Waals surface area (Å²) in [4.78, 5) is 6.54. The summed E-state index contributed by atoms with van der Waals surface area (Å²) in [6.45, 7) is 4.71. The number of morpholine rings is 1. The molecule has 0 saturated carbocycles. The molecule has 22 heavy (non-hydrogen) atoms. The number of nitrogens with one attached hydrogen (secondary N) is 1. The van der Waals surface area contributed by atoms with Gasteiger partial charge in [0, 0.05) is 30.2 Å². The summed E-state index contributed by atoms with van der Waals surface area (Å²) in [6, 6.07) is 4.79. The zero-order chi connectivity index (χ0) is 15.5. The molecule has 3 rings (SSSR count). The number of benzene rings is 1. The molecule has 1 aliphatic heterocycles. The van der Waals surface area contributed by atoms with Gasteiger partial charge in [-0.15, -0.1) is 0 Å². The second-order valence-corrected chi connectivity index (χ2v) is 5.80. The van der Waals surface area contributed by atoms with Gasteiger partial charge < -0.3 is 4.74 Å². The molecule has 1 aromatic heterocycles. The van der Waals surface area contributed by atoms with Gasteiger partial charge in [-0.2, -0.15) is 5.10 Å². The highest BCUT2D eigenvalue weighted by atomic mass is 35.5. The number of ether oxygens (including phenoxy) is 1. The summed E-state index contributed by atoms with van der Waals surface area (Å²) in [6.07, 6.45) is 0.431. The number of hydrogen-bond acceptors (Lipinski definition) is 4. The number of hydrogen-bond donors (Lipinski definition) is 1. The fraction of sp³-hybridized carbons (Fsp3) is 0.467. The van der Waals surface area contributed by atoms with Crippen LogP contribution in [0, 0.1) is 12.7 Å². The van der Waals surface area contributed by atoms with E-state index >= 15 is 0 Å². The lowest BCUT2D eigenvalue weighted by atomic mass is 10.1. The van der Waals surface area contributed by atoms with Crippen molar-refractivity contribution in [1.29, 1.82) is 0 Å². The van der Waals surface area contributed by atoms with Gasteiger partial charge in [0.15, 0.2) is 5.82 Å². The monoisotopic (exact) mass is 324 g/mol. The number of aryl methyl sites for hydroxylation is 1. The number of rotatable bonds is 4. The second kappa shape index (κ2) is 6.73. The first-order valence-electron chi connectivity index (χ1n) is 7.29. The molecule has 1 atom stereocenters. The fourth-order valence-corrected chi connectivity index (χ4v) is 2.86. The zero-order valence-electron chi connectivity index (χ0n) is 12.4. The fourth-order valence-electron chi connectivity index (χ4n) is 2.61. The molecule has 0 aliphatic carbocycles. The minimum atomic E-state index is -0.248. The van der Waals surface area contributed by atoms with Gasteiger partial charge in [-0.1, -0.05) is 17.7 Å². The first kappa shape index (κ1) is 15.4. The van der Waals surface area contributed by atoms with Crippen molar-refractivity contribution in [3.05, 3.63) is 46.3 Å². The van der Waals surface area contributed by atoms with Crippen LogP contribution in [-0.4, -0.2) is 46.3 Å². The Morgan fingerprint density at radius 3 is 3.09 bits per heavy atom. The Balaban J connectivity index is 1.61. The lowest BCUT2D eigenvalue weighted by molar-refractivity contribution is -0.0338. The summed E-state index contributed by atoms with van der Waals surface area (Å²) < 4.78 is 19.5. The maximum absolute atomic E-state index is 13.8. The Morgan fingerprint density at radius 2 is 2.36 bits per heavy atom. The van der Waals surface area contributed by atoms with Crippen LogP contribution in [0.4, 0.5) is 4.39 Å². The van der Waals surface area contributed by atoms with E-state index in [0.717, 1.165) is 18.9 Å². The molecule has 0 radical (unpaired) electrons. The van der Waals surface area contributed by atoms with Gasteiger partial charge in [0.2, 0.25) is 0 Å². The smallest absolute Gasteiger partial charge is 0.180 e. The van der Waals surface area contributed by atoms with Crippen LogP contribution in [-0.2, 0) is 11.2 Å². The van der Waals surface area contributed by atoms with Crippen molar-refractivity contribution < 1.29 is 9.13 Å². The third-order valence-corrected chi connectivity index (χ3v) is 4.15. The first-order valence-corrected chi connectivity index (χ1v) is 7.67. The third kappa shape index (κ3) is 3.45. The highest BCUT2D eigenvalue weighted by molar-refractivity contribution is 6.31. The summed E-state index contributed by atoms with van der Waals surface area (Å²) in [7, 11) is 0. The SMILES string of the molecule is Cc1nc([C@@H]2CN(CCc3c(F)cccc3Cl)CCO2)n[nH]1. The summed E-state index contributed by atoms with van der Waals surface area (Å²) in [5.41, 5.74) is 0.570. The molecule has 1 N–H and O–H groups in total. The van der Waals surface area contributed by atoms with Crippen molar-refractivity contribution in [3.63, 3.8) is 0 Å². The highest BCUT2D eigenvalue weighted by Gasteiger charge is 2.25. The highest BCUT2D eigenvalue weighted by Crippen LogP contribution is 2.22. The maximum atomic E-state index is 13.8. The van der Waals surface area contributed by atoms with E-state index in [0.29, 0.717) is 36.0 Å². The molecule has 1 aliphatic rings. The van der Waals surface area contributed by atoms with E-state index in [9.17, 15) is 4.39 Å². The van der Waals surface area contributed by atoms with E-state index in [1.807, 2.05) is 6.92 Å². The predicted octanol–water partition coefficient (Wildman–Crippen LogP) is 2.52. The lowest BCUT2D eigenvalue weighted by Crippen LogP contribution is -2.39. The van der Waals surface area contributed by atoms with Gasteiger partial charge in [-0.3, -0.25) is 10.00 Å². The van der Waals surface area contributed by atoms with Crippen LogP contribution in [0.15, 0.2) is 18.2 Å². The average Bonchev–Trinajstić information content (AvgIpc) is 2.94. The van der Waals surface area contributed by atoms with Crippen LogP contribution in [0.25, 0.3) is 0 Å². The number of aromatic amines is 1. The van der Waals surface area contributed by atoms with E-state index in [1.54, 1.807) is 12.1 Å². The van der Waals surface area contributed by atoms with E-state index in [-0.39, 0.29) is 11.9 Å². The molecule has 1 aromatic carbocycles. The molecule has 1 saturated heterocycles. The molecule has 5 nitrogen and oxygen atoms in total. The zero-order valence-corrected chi connectivity index (χ0v) is 13.1. The van der Waals surface area contributed by atoms with Gasteiger partial charge >= 0.3 is 0 Å². The van der Waals surface area contributed by atoms with Gasteiger partial charge in [0.25, 0.3) is 0 Å². The summed E-state index contributed by atoms with van der Waals surface area (Å²) in [5, 5.41) is 7.46. The Labute approximate surface area is 133 Å². The standard InChI is InChI=1S/C15H18ClFN4O/c1-10-18-15(20-19-10)14-9-21(7-8-22-14)6-5-11-12(16)3-2-4-13(11)17/h2-4,14H,5-9H2,1H3,(H,18,19,20)/t14-/m0/s1. The molecule has 0 unspecified atom stereocenters. The molecular formula is C15H18ClFN4O. The van der Waals surface area contributed by atoms with Crippen LogP contribution in [0.3, 0.4) is 0 Å². The van der Waals surface area contributed by atoms with Gasteiger partial charge in [-0.05, 0) is 25.5 Å². The van der Waals surface area contributed by atoms with Crippen molar-refractivity contribution in [2.75, 3.05) is 26.2 Å². The third-order valence-electron chi connectivity index (χ3n) is 3.79. The largest absolute Gasteiger partial charge is 0.367 e. The predicted molar refractivity (Wildman–Crippen MR) is 81.4 cm³/mol. The Hall–Kier alpha value is -1.50. The number of aromatic nitrogens is 3. The quantitative estimate of drug-likeness (QED) is 0.939. The molecule has 2 heterocycles. The van der Waals surface area contributed by atoms with Crippen LogP contribution in [0.1, 0.15) is 23.3 Å². The molecule has 2 aromatic rings. The average molecular weight is 325 g/mol. The van der Waals surface area contributed by atoms with Crippen molar-refractivity contribution in [1.82, 2.24) is 20.1 Å². The molecule has 0 bridgehead atoms. The van der Waals surface area contributed by atoms with Crippen molar-refractivity contribution in [2.24, 2.45) is 0 Å². The van der Waals surface area contributed by atoms with Crippen molar-refractivity contribution in [3.8, 4) is 0 Å². The van der Waals surface area contributed by atoms with Crippen molar-refractivity contribution in [2.45, 2.75) is 19.4 Å². The minimum absolute atomic E-state index is 0.144. The van der Waals surface area contributed by atoms with E-state index in [2.05, 4.69) is 20.1 Å². The maximum Gasteiger partial charge on any atom is 0.180 e. The molecule has 1 fully saturated rings. The summed E-state index contributed by atoms with van der Waals surface area (Å²) >= 11 is 6.07. The van der Waals surface area contributed by atoms with E-state index in [4.69, 9.17) is 16.3 Å².